The molecular weight excluding hydrogens is 324 g/mol. The molecule has 1 aromatic rings. The smallest absolute Gasteiger partial charge is 0.225 e. The van der Waals surface area contributed by atoms with Crippen LogP contribution < -0.4 is 0 Å². The summed E-state index contributed by atoms with van der Waals surface area (Å²) in [6, 6.07) is 5.37. The van der Waals surface area contributed by atoms with Gasteiger partial charge >= 0.3 is 0 Å². The highest BCUT2D eigenvalue weighted by atomic mass is 32.1. The van der Waals surface area contributed by atoms with E-state index in [0.717, 1.165) is 24.1 Å². The van der Waals surface area contributed by atoms with Crippen molar-refractivity contribution in [2.45, 2.75) is 32.6 Å². The summed E-state index contributed by atoms with van der Waals surface area (Å²) in [5, 5.41) is 9.37. The van der Waals surface area contributed by atoms with Crippen molar-refractivity contribution in [3.8, 4) is 6.07 Å². The number of likely N-dealkylation sites (tertiary alicyclic amines) is 1. The lowest BCUT2D eigenvalue weighted by molar-refractivity contribution is -0.136. The van der Waals surface area contributed by atoms with Crippen LogP contribution in [0.15, 0.2) is 12.1 Å². The van der Waals surface area contributed by atoms with Crippen LogP contribution in [0, 0.1) is 36.0 Å². The van der Waals surface area contributed by atoms with Crippen molar-refractivity contribution in [1.82, 2.24) is 4.90 Å². The molecule has 2 atom stereocenters. The summed E-state index contributed by atoms with van der Waals surface area (Å²) >= 11 is 1.30. The monoisotopic (exact) mass is 344 g/mol. The third-order valence-electron chi connectivity index (χ3n) is 4.72. The zero-order valence-corrected chi connectivity index (χ0v) is 14.5. The Hall–Kier alpha value is -2.00. The number of piperidine rings is 1. The van der Waals surface area contributed by atoms with Crippen LogP contribution in [0.4, 0.5) is 0 Å². The van der Waals surface area contributed by atoms with Gasteiger partial charge in [0.15, 0.2) is 17.5 Å². The molecule has 126 valence electrons. The number of ketones is 2. The van der Waals surface area contributed by atoms with E-state index in [-0.39, 0.29) is 17.6 Å². The molecule has 3 rings (SSSR count). The third kappa shape index (κ3) is 3.41. The average Bonchev–Trinajstić information content (AvgIpc) is 3.35. The molecular formula is C18H20N2O3S. The van der Waals surface area contributed by atoms with E-state index in [9.17, 15) is 19.6 Å². The molecule has 6 heteroatoms. The maximum Gasteiger partial charge on any atom is 0.225 e. The predicted molar refractivity (Wildman–Crippen MR) is 89.5 cm³/mol. The number of carbonyl (C=O) groups excluding carboxylic acids is 3. The molecule has 5 nitrogen and oxygen atoms in total. The van der Waals surface area contributed by atoms with Crippen LogP contribution in [-0.2, 0) is 9.59 Å². The van der Waals surface area contributed by atoms with Crippen LogP contribution in [0.25, 0.3) is 0 Å². The summed E-state index contributed by atoms with van der Waals surface area (Å²) < 4.78 is 0. The lowest BCUT2D eigenvalue weighted by atomic mass is 9.85. The highest BCUT2D eigenvalue weighted by Gasteiger charge is 2.39. The van der Waals surface area contributed by atoms with Gasteiger partial charge < -0.3 is 4.90 Å². The van der Waals surface area contributed by atoms with E-state index in [0.29, 0.717) is 24.4 Å². The number of hydrogen-bond acceptors (Lipinski definition) is 5. The van der Waals surface area contributed by atoms with Crippen molar-refractivity contribution in [1.29, 1.82) is 5.26 Å². The van der Waals surface area contributed by atoms with E-state index in [2.05, 4.69) is 0 Å². The Bertz CT molecular complexity index is 714. The van der Waals surface area contributed by atoms with Gasteiger partial charge in [0.1, 0.15) is 0 Å². The van der Waals surface area contributed by atoms with Gasteiger partial charge in [0, 0.05) is 29.8 Å². The fraction of sp³-hybridized carbons (Fsp3) is 0.556. The largest absolute Gasteiger partial charge is 0.342 e. The molecule has 1 aliphatic carbocycles. The molecule has 1 aromatic heterocycles. The van der Waals surface area contributed by atoms with Crippen molar-refractivity contribution < 1.29 is 14.4 Å². The van der Waals surface area contributed by atoms with Gasteiger partial charge in [0.25, 0.3) is 0 Å². The second-order valence-corrected chi connectivity index (χ2v) is 7.92. The Kier molecular flexibility index (Phi) is 4.81. The lowest BCUT2D eigenvalue weighted by Gasteiger charge is -2.32. The Balaban J connectivity index is 1.70. The van der Waals surface area contributed by atoms with Gasteiger partial charge in [-0.15, -0.1) is 11.3 Å². The molecule has 1 amide bonds. The van der Waals surface area contributed by atoms with Crippen molar-refractivity contribution in [3.05, 3.63) is 21.9 Å². The molecule has 1 aliphatic heterocycles. The summed E-state index contributed by atoms with van der Waals surface area (Å²) in [6.07, 6.45) is 3.26. The van der Waals surface area contributed by atoms with Crippen LogP contribution >= 0.6 is 11.3 Å². The minimum absolute atomic E-state index is 0.126. The van der Waals surface area contributed by atoms with Crippen molar-refractivity contribution in [3.63, 3.8) is 0 Å². The number of hydrogen-bond donors (Lipinski definition) is 0. The lowest BCUT2D eigenvalue weighted by Crippen LogP contribution is -2.45. The van der Waals surface area contributed by atoms with Gasteiger partial charge in [0.05, 0.1) is 10.9 Å². The molecule has 1 saturated carbocycles. The van der Waals surface area contributed by atoms with E-state index >= 15 is 0 Å². The highest BCUT2D eigenvalue weighted by molar-refractivity contribution is 7.14. The summed E-state index contributed by atoms with van der Waals surface area (Å²) in [5.74, 6) is -2.16. The second-order valence-electron chi connectivity index (χ2n) is 6.64. The fourth-order valence-electron chi connectivity index (χ4n) is 3.19. The Morgan fingerprint density at radius 2 is 2.00 bits per heavy atom. The molecule has 24 heavy (non-hydrogen) atoms. The van der Waals surface area contributed by atoms with Gasteiger partial charge in [-0.2, -0.15) is 5.26 Å². The van der Waals surface area contributed by atoms with Gasteiger partial charge in [-0.3, -0.25) is 14.4 Å². The molecule has 1 saturated heterocycles. The van der Waals surface area contributed by atoms with Crippen LogP contribution in [0.1, 0.15) is 40.2 Å². The average molecular weight is 344 g/mol. The zero-order chi connectivity index (χ0) is 17.3. The molecule has 0 bridgehead atoms. The molecule has 0 unspecified atom stereocenters. The van der Waals surface area contributed by atoms with Crippen molar-refractivity contribution >= 4 is 28.8 Å². The number of carbonyl (C=O) groups is 3. The number of nitriles is 1. The Morgan fingerprint density at radius 1 is 1.25 bits per heavy atom. The quantitative estimate of drug-likeness (QED) is 0.607. The molecule has 0 spiro atoms. The van der Waals surface area contributed by atoms with Crippen LogP contribution in [-0.4, -0.2) is 35.5 Å². The first-order valence-corrected chi connectivity index (χ1v) is 9.15. The summed E-state index contributed by atoms with van der Waals surface area (Å²) in [5.41, 5.74) is 0. The first kappa shape index (κ1) is 16.8. The Morgan fingerprint density at radius 3 is 2.58 bits per heavy atom. The number of thiophene rings is 1. The van der Waals surface area contributed by atoms with E-state index in [1.165, 1.54) is 11.3 Å². The molecule has 0 radical (unpaired) electrons. The standard InChI is InChI=1S/C18H20N2O3S/c1-11-4-7-15(24-11)17(22)14(9-19)16(21)13-3-2-8-20(10-13)18(23)12-5-6-12/h4,7,12-14H,2-3,5-6,8,10H2,1H3/t13-,14+/m1/s1. The topological polar surface area (TPSA) is 78.2 Å². The molecule has 2 aliphatic rings. The third-order valence-corrected chi connectivity index (χ3v) is 5.74. The molecule has 0 aromatic carbocycles. The predicted octanol–water partition coefficient (Wildman–Crippen LogP) is 2.60. The van der Waals surface area contributed by atoms with Crippen LogP contribution in [0.5, 0.6) is 0 Å². The van der Waals surface area contributed by atoms with E-state index < -0.39 is 17.6 Å². The SMILES string of the molecule is Cc1ccc(C(=O)[C@@H](C#N)C(=O)[C@@H]2CCCN(C(=O)C3CC3)C2)s1. The zero-order valence-electron chi connectivity index (χ0n) is 13.7. The minimum atomic E-state index is -1.26. The van der Waals surface area contributed by atoms with E-state index in [1.807, 2.05) is 19.1 Å². The maximum atomic E-state index is 12.7. The number of amides is 1. The molecule has 2 fully saturated rings. The van der Waals surface area contributed by atoms with Gasteiger partial charge in [-0.1, -0.05) is 0 Å². The number of nitrogens with zero attached hydrogens (tertiary/aromatic N) is 2. The first-order valence-electron chi connectivity index (χ1n) is 8.34. The highest BCUT2D eigenvalue weighted by Crippen LogP contribution is 2.33. The summed E-state index contributed by atoms with van der Waals surface area (Å²) in [4.78, 5) is 40.6. The van der Waals surface area contributed by atoms with Crippen LogP contribution in [0.2, 0.25) is 0 Å². The fourth-order valence-corrected chi connectivity index (χ4v) is 4.03. The van der Waals surface area contributed by atoms with E-state index in [4.69, 9.17) is 0 Å². The van der Waals surface area contributed by atoms with E-state index in [1.54, 1.807) is 11.0 Å². The number of rotatable bonds is 5. The van der Waals surface area contributed by atoms with Gasteiger partial charge in [-0.25, -0.2) is 0 Å². The number of aryl methyl sites for hydroxylation is 1. The summed E-state index contributed by atoms with van der Waals surface area (Å²) in [7, 11) is 0. The minimum Gasteiger partial charge on any atom is -0.342 e. The van der Waals surface area contributed by atoms with Gasteiger partial charge in [-0.05, 0) is 44.7 Å². The molecule has 2 heterocycles. The summed E-state index contributed by atoms with van der Waals surface area (Å²) in [6.45, 7) is 2.91. The second kappa shape index (κ2) is 6.86. The van der Waals surface area contributed by atoms with Crippen LogP contribution in [0.3, 0.4) is 0 Å². The first-order chi connectivity index (χ1) is 11.5. The Labute approximate surface area is 145 Å². The van der Waals surface area contributed by atoms with Crippen molar-refractivity contribution in [2.75, 3.05) is 13.1 Å². The maximum absolute atomic E-state index is 12.7. The number of Topliss-reactive ketones (excluding diaryl/α,β-unsaturated/α-hetero) is 2. The normalized spacial score (nSPS) is 21.8. The van der Waals surface area contributed by atoms with Crippen molar-refractivity contribution in [2.24, 2.45) is 17.8 Å². The molecule has 0 N–H and O–H groups in total. The van der Waals surface area contributed by atoms with Gasteiger partial charge in [0.2, 0.25) is 5.91 Å².